The van der Waals surface area contributed by atoms with Gasteiger partial charge in [0, 0.05) is 26.2 Å². The molecule has 34 heavy (non-hydrogen) atoms. The number of carbonyl (C=O) groups is 2. The standard InChI is InChI=1S/C24H27N5O4S/c30-22(27-24(31)25-13-17-16-32-19-6-2-3-7-20(19)33-17)14-28-9-11-29(12-10-28)15-23-26-18-5-1-4-8-21(18)34-23/h1-8,17H,9-16H2,(H2,25,27,30,31). The Labute approximate surface area is 201 Å². The number of ether oxygens (including phenoxy) is 2. The van der Waals surface area contributed by atoms with Crippen molar-refractivity contribution in [3.63, 3.8) is 0 Å². The second-order valence-electron chi connectivity index (χ2n) is 8.38. The normalized spacial score (nSPS) is 18.5. The number of aromatic nitrogens is 1. The van der Waals surface area contributed by atoms with E-state index in [1.807, 2.05) is 42.5 Å². The summed E-state index contributed by atoms with van der Waals surface area (Å²) in [6.07, 6.45) is -0.306. The third-order valence-corrected chi connectivity index (χ3v) is 6.86. The van der Waals surface area contributed by atoms with Crippen molar-refractivity contribution in [1.82, 2.24) is 25.4 Å². The van der Waals surface area contributed by atoms with Gasteiger partial charge in [0.05, 0.1) is 29.9 Å². The summed E-state index contributed by atoms with van der Waals surface area (Å²) in [5.41, 5.74) is 1.04. The second kappa shape index (κ2) is 10.4. The fourth-order valence-electron chi connectivity index (χ4n) is 4.07. The number of fused-ring (bicyclic) bond motifs is 2. The van der Waals surface area contributed by atoms with Gasteiger partial charge in [-0.2, -0.15) is 0 Å². The minimum atomic E-state index is -0.526. The summed E-state index contributed by atoms with van der Waals surface area (Å²) < 4.78 is 12.7. The van der Waals surface area contributed by atoms with E-state index in [9.17, 15) is 9.59 Å². The Hall–Kier alpha value is -3.21. The number of para-hydroxylation sites is 3. The monoisotopic (exact) mass is 481 g/mol. The zero-order valence-electron chi connectivity index (χ0n) is 18.7. The molecule has 3 heterocycles. The molecule has 10 heteroatoms. The van der Waals surface area contributed by atoms with E-state index in [1.165, 1.54) is 4.70 Å². The second-order valence-corrected chi connectivity index (χ2v) is 9.50. The highest BCUT2D eigenvalue weighted by molar-refractivity contribution is 7.18. The van der Waals surface area contributed by atoms with Crippen LogP contribution in [0.4, 0.5) is 4.79 Å². The summed E-state index contributed by atoms with van der Waals surface area (Å²) in [7, 11) is 0. The van der Waals surface area contributed by atoms with Crippen molar-refractivity contribution < 1.29 is 19.1 Å². The Bertz CT molecular complexity index is 1130. The lowest BCUT2D eigenvalue weighted by molar-refractivity contribution is -0.121. The largest absolute Gasteiger partial charge is 0.486 e. The first-order chi connectivity index (χ1) is 16.6. The lowest BCUT2D eigenvalue weighted by atomic mass is 10.2. The molecule has 2 aliphatic heterocycles. The highest BCUT2D eigenvalue weighted by Crippen LogP contribution is 2.30. The lowest BCUT2D eigenvalue weighted by Gasteiger charge is -2.33. The van der Waals surface area contributed by atoms with Crippen molar-refractivity contribution in [2.45, 2.75) is 12.6 Å². The van der Waals surface area contributed by atoms with E-state index in [0.717, 1.165) is 43.2 Å². The molecule has 0 bridgehead atoms. The van der Waals surface area contributed by atoms with Gasteiger partial charge >= 0.3 is 6.03 Å². The minimum absolute atomic E-state index is 0.193. The first-order valence-electron chi connectivity index (χ1n) is 11.4. The van der Waals surface area contributed by atoms with Gasteiger partial charge in [-0.3, -0.25) is 19.9 Å². The molecule has 0 spiro atoms. The van der Waals surface area contributed by atoms with Crippen molar-refractivity contribution in [2.24, 2.45) is 0 Å². The van der Waals surface area contributed by atoms with E-state index >= 15 is 0 Å². The quantitative estimate of drug-likeness (QED) is 0.557. The van der Waals surface area contributed by atoms with E-state index in [1.54, 1.807) is 11.3 Å². The van der Waals surface area contributed by atoms with Gasteiger partial charge in [0.15, 0.2) is 17.6 Å². The molecule has 178 valence electrons. The number of nitrogens with zero attached hydrogens (tertiary/aromatic N) is 3. The molecule has 0 saturated carbocycles. The number of rotatable bonds is 6. The van der Waals surface area contributed by atoms with Crippen molar-refractivity contribution >= 4 is 33.5 Å². The number of carbonyl (C=O) groups excluding carboxylic acids is 2. The summed E-state index contributed by atoms with van der Waals surface area (Å²) >= 11 is 1.73. The van der Waals surface area contributed by atoms with Gasteiger partial charge in [-0.05, 0) is 24.3 Å². The van der Waals surface area contributed by atoms with Crippen LogP contribution in [0.2, 0.25) is 0 Å². The molecule has 1 atom stereocenters. The van der Waals surface area contributed by atoms with Crippen LogP contribution in [-0.2, 0) is 11.3 Å². The van der Waals surface area contributed by atoms with Crippen LogP contribution in [0.15, 0.2) is 48.5 Å². The van der Waals surface area contributed by atoms with Gasteiger partial charge in [0.25, 0.3) is 0 Å². The maximum absolute atomic E-state index is 12.3. The van der Waals surface area contributed by atoms with Gasteiger partial charge in [-0.1, -0.05) is 24.3 Å². The van der Waals surface area contributed by atoms with Crippen LogP contribution in [0.3, 0.4) is 0 Å². The molecule has 3 amide bonds. The molecular formula is C24H27N5O4S. The van der Waals surface area contributed by atoms with Crippen LogP contribution >= 0.6 is 11.3 Å². The van der Waals surface area contributed by atoms with Crippen LogP contribution in [0.5, 0.6) is 11.5 Å². The van der Waals surface area contributed by atoms with E-state index in [-0.39, 0.29) is 25.1 Å². The summed E-state index contributed by atoms with van der Waals surface area (Å²) in [6, 6.07) is 15.1. The number of hydrogen-bond donors (Lipinski definition) is 2. The molecule has 0 radical (unpaired) electrons. The molecule has 2 aliphatic rings. The lowest BCUT2D eigenvalue weighted by Crippen LogP contribution is -2.51. The minimum Gasteiger partial charge on any atom is -0.486 e. The van der Waals surface area contributed by atoms with E-state index in [0.29, 0.717) is 18.1 Å². The van der Waals surface area contributed by atoms with Gasteiger partial charge in [0.2, 0.25) is 5.91 Å². The predicted octanol–water partition coefficient (Wildman–Crippen LogP) is 2.08. The molecule has 9 nitrogen and oxygen atoms in total. The number of amides is 3. The molecule has 1 aromatic heterocycles. The van der Waals surface area contributed by atoms with Gasteiger partial charge < -0.3 is 14.8 Å². The molecule has 1 saturated heterocycles. The van der Waals surface area contributed by atoms with Crippen LogP contribution in [0.25, 0.3) is 10.2 Å². The van der Waals surface area contributed by atoms with Gasteiger partial charge in [0.1, 0.15) is 11.6 Å². The summed E-state index contributed by atoms with van der Waals surface area (Å²) in [5, 5.41) is 6.20. The highest BCUT2D eigenvalue weighted by Gasteiger charge is 2.23. The molecule has 2 N–H and O–H groups in total. The molecule has 0 aliphatic carbocycles. The number of piperazine rings is 1. The average molecular weight is 482 g/mol. The average Bonchev–Trinajstić information content (AvgIpc) is 3.26. The number of urea groups is 1. The van der Waals surface area contributed by atoms with Crippen LogP contribution in [0.1, 0.15) is 5.01 Å². The fraction of sp³-hybridized carbons (Fsp3) is 0.375. The third kappa shape index (κ3) is 5.64. The number of thiazole rings is 1. The maximum atomic E-state index is 12.3. The van der Waals surface area contributed by atoms with Crippen LogP contribution in [-0.4, -0.2) is 78.7 Å². The summed E-state index contributed by atoms with van der Waals surface area (Å²) in [5.74, 6) is 1.03. The van der Waals surface area contributed by atoms with Crippen molar-refractivity contribution in [3.8, 4) is 11.5 Å². The molecule has 5 rings (SSSR count). The van der Waals surface area contributed by atoms with Gasteiger partial charge in [-0.25, -0.2) is 9.78 Å². The first kappa shape index (κ1) is 22.6. The fourth-order valence-corrected chi connectivity index (χ4v) is 5.08. The molecule has 3 aromatic rings. The summed E-state index contributed by atoms with van der Waals surface area (Å²) in [6.45, 7) is 4.85. The van der Waals surface area contributed by atoms with E-state index < -0.39 is 6.03 Å². The number of hydrogen-bond acceptors (Lipinski definition) is 8. The number of imide groups is 1. The van der Waals surface area contributed by atoms with Crippen molar-refractivity contribution in [3.05, 3.63) is 53.5 Å². The number of nitrogens with one attached hydrogen (secondary N) is 2. The highest BCUT2D eigenvalue weighted by atomic mass is 32.1. The van der Waals surface area contributed by atoms with Crippen molar-refractivity contribution in [2.75, 3.05) is 45.9 Å². The number of benzene rings is 2. The summed E-state index contributed by atoms with van der Waals surface area (Å²) in [4.78, 5) is 33.6. The maximum Gasteiger partial charge on any atom is 0.321 e. The van der Waals surface area contributed by atoms with E-state index in [4.69, 9.17) is 14.5 Å². The molecule has 1 unspecified atom stereocenters. The topological polar surface area (TPSA) is 96.0 Å². The van der Waals surface area contributed by atoms with Crippen LogP contribution in [0, 0.1) is 0 Å². The van der Waals surface area contributed by atoms with Crippen molar-refractivity contribution in [1.29, 1.82) is 0 Å². The molecule has 1 fully saturated rings. The molecule has 2 aromatic carbocycles. The zero-order chi connectivity index (χ0) is 23.3. The molecular weight excluding hydrogens is 454 g/mol. The Balaban J connectivity index is 1.00. The SMILES string of the molecule is O=C(CN1CCN(Cc2nc3ccccc3s2)CC1)NC(=O)NCC1COc2ccccc2O1. The Morgan fingerprint density at radius 2 is 1.74 bits per heavy atom. The smallest absolute Gasteiger partial charge is 0.321 e. The Morgan fingerprint density at radius 3 is 2.56 bits per heavy atom. The Morgan fingerprint density at radius 1 is 1.00 bits per heavy atom. The van der Waals surface area contributed by atoms with E-state index in [2.05, 4.69) is 26.5 Å². The zero-order valence-corrected chi connectivity index (χ0v) is 19.6. The Kier molecular flexibility index (Phi) is 6.89. The van der Waals surface area contributed by atoms with Crippen LogP contribution < -0.4 is 20.1 Å². The first-order valence-corrected chi connectivity index (χ1v) is 12.2. The predicted molar refractivity (Wildman–Crippen MR) is 129 cm³/mol. The van der Waals surface area contributed by atoms with Gasteiger partial charge in [-0.15, -0.1) is 11.3 Å². The third-order valence-electron chi connectivity index (χ3n) is 5.84.